The molecule has 0 fully saturated rings. The molecule has 0 N–H and O–H groups in total. The number of carbonyl (C=O) groups excluding carboxylic acids is 1. The Morgan fingerprint density at radius 3 is 1.92 bits per heavy atom. The molecular formula is C23H40O3. The summed E-state index contributed by atoms with van der Waals surface area (Å²) in [6, 6.07) is 0. The molecule has 0 aromatic heterocycles. The van der Waals surface area contributed by atoms with Gasteiger partial charge in [0.2, 0.25) is 0 Å². The molecule has 0 aromatic carbocycles. The maximum atomic E-state index is 11.4. The van der Waals surface area contributed by atoms with Gasteiger partial charge in [0.1, 0.15) is 5.60 Å². The van der Waals surface area contributed by atoms with Crippen LogP contribution in [0.3, 0.4) is 0 Å². The molecule has 0 aromatic rings. The minimum Gasteiger partial charge on any atom is -0.434 e. The normalized spacial score (nSPS) is 12.5. The van der Waals surface area contributed by atoms with E-state index in [0.717, 1.165) is 32.1 Å². The molecule has 150 valence electrons. The highest BCUT2D eigenvalue weighted by molar-refractivity contribution is 5.60. The third-order valence-electron chi connectivity index (χ3n) is 3.65. The summed E-state index contributed by atoms with van der Waals surface area (Å²) in [6.07, 6.45) is 24.3. The average Bonchev–Trinajstić information content (AvgIpc) is 2.56. The summed E-state index contributed by atoms with van der Waals surface area (Å²) in [6.45, 7) is 8.13. The molecule has 0 radical (unpaired) electrons. The van der Waals surface area contributed by atoms with E-state index in [1.165, 1.54) is 32.1 Å². The molecule has 3 heteroatoms. The quantitative estimate of drug-likeness (QED) is 0.181. The summed E-state index contributed by atoms with van der Waals surface area (Å²) >= 11 is 0. The van der Waals surface area contributed by atoms with E-state index < -0.39 is 11.8 Å². The highest BCUT2D eigenvalue weighted by Gasteiger charge is 2.16. The Bertz CT molecular complexity index is 414. The number of ether oxygens (including phenoxy) is 2. The van der Waals surface area contributed by atoms with Crippen molar-refractivity contribution in [3.63, 3.8) is 0 Å². The Balaban J connectivity index is 3.32. The van der Waals surface area contributed by atoms with Gasteiger partial charge in [-0.05, 0) is 59.3 Å². The fourth-order valence-corrected chi connectivity index (χ4v) is 2.33. The van der Waals surface area contributed by atoms with E-state index >= 15 is 0 Å². The second-order valence-corrected chi connectivity index (χ2v) is 7.52. The van der Waals surface area contributed by atoms with Gasteiger partial charge in [-0.25, -0.2) is 4.79 Å². The number of unbranched alkanes of at least 4 members (excludes halogenated alkanes) is 6. The van der Waals surface area contributed by atoms with Crippen LogP contribution in [0, 0.1) is 0 Å². The zero-order valence-electron chi connectivity index (χ0n) is 17.5. The van der Waals surface area contributed by atoms with Crippen molar-refractivity contribution in [3.05, 3.63) is 36.5 Å². The average molecular weight is 365 g/mol. The molecule has 0 bridgehead atoms. The molecule has 0 saturated heterocycles. The van der Waals surface area contributed by atoms with Crippen molar-refractivity contribution in [2.75, 3.05) is 6.61 Å². The van der Waals surface area contributed by atoms with Gasteiger partial charge < -0.3 is 9.47 Å². The summed E-state index contributed by atoms with van der Waals surface area (Å²) in [5.41, 5.74) is -0.478. The maximum Gasteiger partial charge on any atom is 0.508 e. The molecule has 0 rings (SSSR count). The standard InChI is InChI=1S/C23H40O3/c1-5-6-7-8-9-10-11-12-13-14-15-16-17-18-19-20-21-25-22(24)26-23(2,3)4/h6-7,9-10,12-13H,5,8,11,14-21H2,1-4H3/b7-6-,10-9-,13-12-. The van der Waals surface area contributed by atoms with Gasteiger partial charge in [-0.2, -0.15) is 0 Å². The van der Waals surface area contributed by atoms with E-state index in [2.05, 4.69) is 43.4 Å². The van der Waals surface area contributed by atoms with Gasteiger partial charge in [0.05, 0.1) is 6.61 Å². The Hall–Kier alpha value is -1.51. The first-order chi connectivity index (χ1) is 12.5. The second kappa shape index (κ2) is 16.9. The summed E-state index contributed by atoms with van der Waals surface area (Å²) < 4.78 is 10.1. The van der Waals surface area contributed by atoms with Crippen LogP contribution in [0.15, 0.2) is 36.5 Å². The van der Waals surface area contributed by atoms with Crippen LogP contribution in [-0.2, 0) is 9.47 Å². The molecule has 3 nitrogen and oxygen atoms in total. The van der Waals surface area contributed by atoms with Gasteiger partial charge in [0, 0.05) is 0 Å². The summed E-state index contributed by atoms with van der Waals surface area (Å²) in [7, 11) is 0. The first kappa shape index (κ1) is 24.5. The summed E-state index contributed by atoms with van der Waals surface area (Å²) in [5.74, 6) is 0. The van der Waals surface area contributed by atoms with Crippen LogP contribution in [0.4, 0.5) is 4.79 Å². The van der Waals surface area contributed by atoms with Gasteiger partial charge in [0.25, 0.3) is 0 Å². The first-order valence-electron chi connectivity index (χ1n) is 10.3. The third kappa shape index (κ3) is 20.5. The van der Waals surface area contributed by atoms with Crippen molar-refractivity contribution >= 4 is 6.16 Å². The van der Waals surface area contributed by atoms with Crippen molar-refractivity contribution < 1.29 is 14.3 Å². The van der Waals surface area contributed by atoms with Crippen LogP contribution >= 0.6 is 0 Å². The molecule has 0 aliphatic carbocycles. The largest absolute Gasteiger partial charge is 0.508 e. The van der Waals surface area contributed by atoms with Crippen LogP contribution < -0.4 is 0 Å². The number of hydrogen-bond acceptors (Lipinski definition) is 3. The fourth-order valence-electron chi connectivity index (χ4n) is 2.33. The van der Waals surface area contributed by atoms with Crippen LogP contribution in [0.1, 0.15) is 91.9 Å². The maximum absolute atomic E-state index is 11.4. The molecule has 0 heterocycles. The first-order valence-corrected chi connectivity index (χ1v) is 10.3. The molecule has 0 atom stereocenters. The Morgan fingerprint density at radius 1 is 0.769 bits per heavy atom. The summed E-state index contributed by atoms with van der Waals surface area (Å²) in [5, 5.41) is 0. The van der Waals surface area contributed by atoms with Crippen molar-refractivity contribution in [2.24, 2.45) is 0 Å². The predicted molar refractivity (Wildman–Crippen MR) is 111 cm³/mol. The number of rotatable bonds is 14. The van der Waals surface area contributed by atoms with E-state index in [0.29, 0.717) is 6.61 Å². The van der Waals surface area contributed by atoms with Crippen molar-refractivity contribution in [1.82, 2.24) is 0 Å². The lowest BCUT2D eigenvalue weighted by Crippen LogP contribution is -2.24. The molecule has 0 amide bonds. The minimum atomic E-state index is -0.559. The molecule has 26 heavy (non-hydrogen) atoms. The molecule has 0 unspecified atom stereocenters. The Morgan fingerprint density at radius 2 is 1.31 bits per heavy atom. The van der Waals surface area contributed by atoms with Gasteiger partial charge in [-0.1, -0.05) is 69.1 Å². The Kier molecular flexibility index (Phi) is 15.9. The zero-order valence-corrected chi connectivity index (χ0v) is 17.5. The van der Waals surface area contributed by atoms with E-state index in [9.17, 15) is 4.79 Å². The van der Waals surface area contributed by atoms with E-state index in [1.54, 1.807) is 0 Å². The number of carbonyl (C=O) groups is 1. The smallest absolute Gasteiger partial charge is 0.434 e. The SMILES string of the molecule is CC/C=C\C/C=C\C/C=C\CCCCCCCCOC(=O)OC(C)(C)C. The van der Waals surface area contributed by atoms with Gasteiger partial charge in [-0.15, -0.1) is 0 Å². The molecular weight excluding hydrogens is 324 g/mol. The minimum absolute atomic E-state index is 0.458. The summed E-state index contributed by atoms with van der Waals surface area (Å²) in [4.78, 5) is 11.4. The highest BCUT2D eigenvalue weighted by Crippen LogP contribution is 2.10. The monoisotopic (exact) mass is 364 g/mol. The van der Waals surface area contributed by atoms with Crippen LogP contribution in [-0.4, -0.2) is 18.4 Å². The Labute approximate surface area is 161 Å². The van der Waals surface area contributed by atoms with Crippen molar-refractivity contribution in [3.8, 4) is 0 Å². The van der Waals surface area contributed by atoms with Crippen LogP contribution in [0.2, 0.25) is 0 Å². The molecule has 0 aliphatic rings. The van der Waals surface area contributed by atoms with E-state index in [-0.39, 0.29) is 0 Å². The lowest BCUT2D eigenvalue weighted by Gasteiger charge is -2.18. The third-order valence-corrected chi connectivity index (χ3v) is 3.65. The van der Waals surface area contributed by atoms with Gasteiger partial charge in [0.15, 0.2) is 0 Å². The fraction of sp³-hybridized carbons (Fsp3) is 0.696. The highest BCUT2D eigenvalue weighted by atomic mass is 16.7. The van der Waals surface area contributed by atoms with Crippen LogP contribution in [0.25, 0.3) is 0 Å². The molecule has 0 spiro atoms. The molecule has 0 aliphatic heterocycles. The number of hydrogen-bond donors (Lipinski definition) is 0. The second-order valence-electron chi connectivity index (χ2n) is 7.52. The molecule has 0 saturated carbocycles. The lowest BCUT2D eigenvalue weighted by molar-refractivity contribution is -0.00770. The van der Waals surface area contributed by atoms with E-state index in [4.69, 9.17) is 9.47 Å². The zero-order chi connectivity index (χ0) is 19.5. The number of allylic oxidation sites excluding steroid dienone is 6. The van der Waals surface area contributed by atoms with Crippen LogP contribution in [0.5, 0.6) is 0 Å². The van der Waals surface area contributed by atoms with Gasteiger partial charge >= 0.3 is 6.16 Å². The van der Waals surface area contributed by atoms with E-state index in [1.807, 2.05) is 20.8 Å². The van der Waals surface area contributed by atoms with Gasteiger partial charge in [-0.3, -0.25) is 0 Å². The lowest BCUT2D eigenvalue weighted by atomic mass is 10.1. The van der Waals surface area contributed by atoms with Crippen molar-refractivity contribution in [2.45, 2.75) is 97.5 Å². The van der Waals surface area contributed by atoms with Crippen molar-refractivity contribution in [1.29, 1.82) is 0 Å². The topological polar surface area (TPSA) is 35.5 Å². The predicted octanol–water partition coefficient (Wildman–Crippen LogP) is 7.53.